The van der Waals surface area contributed by atoms with E-state index in [1.54, 1.807) is 12.1 Å². The molecule has 1 aromatic rings. The molecule has 2 nitrogen and oxygen atoms in total. The summed E-state index contributed by atoms with van der Waals surface area (Å²) in [5, 5.41) is 0. The fraction of sp³-hybridized carbons (Fsp3) is 0.250. The SMILES string of the molecule is C#CCC(N)C(=O)Cc1ccc(F)c(Br)c1. The van der Waals surface area contributed by atoms with E-state index in [4.69, 9.17) is 12.2 Å². The molecule has 2 N–H and O–H groups in total. The van der Waals surface area contributed by atoms with Crippen molar-refractivity contribution in [3.05, 3.63) is 34.1 Å². The van der Waals surface area contributed by atoms with Crippen LogP contribution in [0.15, 0.2) is 22.7 Å². The maximum absolute atomic E-state index is 12.9. The van der Waals surface area contributed by atoms with Gasteiger partial charge in [-0.25, -0.2) is 4.39 Å². The summed E-state index contributed by atoms with van der Waals surface area (Å²) in [6, 6.07) is 3.78. The molecule has 0 aromatic heterocycles. The van der Waals surface area contributed by atoms with Gasteiger partial charge >= 0.3 is 0 Å². The third-order valence-electron chi connectivity index (χ3n) is 2.11. The van der Waals surface area contributed by atoms with Crippen LogP contribution < -0.4 is 5.73 Å². The molecule has 1 unspecified atom stereocenters. The van der Waals surface area contributed by atoms with Gasteiger partial charge in [-0.3, -0.25) is 4.79 Å². The fourth-order valence-corrected chi connectivity index (χ4v) is 1.65. The Kier molecular flexibility index (Phi) is 4.66. The van der Waals surface area contributed by atoms with E-state index in [1.165, 1.54) is 6.07 Å². The molecule has 0 heterocycles. The van der Waals surface area contributed by atoms with Crippen molar-refractivity contribution < 1.29 is 9.18 Å². The van der Waals surface area contributed by atoms with Gasteiger partial charge in [-0.05, 0) is 33.6 Å². The lowest BCUT2D eigenvalue weighted by Crippen LogP contribution is -2.31. The number of hydrogen-bond donors (Lipinski definition) is 1. The molecule has 1 rings (SSSR count). The van der Waals surface area contributed by atoms with E-state index in [1.807, 2.05) is 0 Å². The third-order valence-corrected chi connectivity index (χ3v) is 2.72. The second-order valence-electron chi connectivity index (χ2n) is 3.41. The Hall–Kier alpha value is -1.18. The van der Waals surface area contributed by atoms with E-state index in [0.717, 1.165) is 0 Å². The number of carbonyl (C=O) groups is 1. The number of benzene rings is 1. The zero-order chi connectivity index (χ0) is 12.1. The maximum Gasteiger partial charge on any atom is 0.154 e. The van der Waals surface area contributed by atoms with Crippen molar-refractivity contribution in [1.29, 1.82) is 0 Å². The van der Waals surface area contributed by atoms with Crippen LogP contribution in [0.3, 0.4) is 0 Å². The number of halogens is 2. The number of terminal acetylenes is 1. The lowest BCUT2D eigenvalue weighted by molar-refractivity contribution is -0.119. The molecule has 4 heteroatoms. The van der Waals surface area contributed by atoms with Gasteiger partial charge in [0.2, 0.25) is 0 Å². The van der Waals surface area contributed by atoms with Gasteiger partial charge in [0, 0.05) is 12.8 Å². The number of carbonyl (C=O) groups excluding carboxylic acids is 1. The normalized spacial score (nSPS) is 11.9. The average molecular weight is 284 g/mol. The van der Waals surface area contributed by atoms with Crippen LogP contribution in [0.1, 0.15) is 12.0 Å². The van der Waals surface area contributed by atoms with Crippen LogP contribution in [0.4, 0.5) is 4.39 Å². The number of hydrogen-bond acceptors (Lipinski definition) is 2. The minimum atomic E-state index is -0.645. The van der Waals surface area contributed by atoms with E-state index in [9.17, 15) is 9.18 Å². The van der Waals surface area contributed by atoms with Crippen LogP contribution in [0.25, 0.3) is 0 Å². The van der Waals surface area contributed by atoms with Crippen molar-refractivity contribution >= 4 is 21.7 Å². The average Bonchev–Trinajstić information content (AvgIpc) is 2.24. The first-order valence-electron chi connectivity index (χ1n) is 4.70. The molecule has 0 spiro atoms. The quantitative estimate of drug-likeness (QED) is 0.860. The number of ketones is 1. The molecule has 0 radical (unpaired) electrons. The van der Waals surface area contributed by atoms with Gasteiger partial charge in [0.1, 0.15) is 5.82 Å². The maximum atomic E-state index is 12.9. The molecule has 0 bridgehead atoms. The Labute approximate surface area is 102 Å². The molecule has 0 aliphatic heterocycles. The summed E-state index contributed by atoms with van der Waals surface area (Å²) in [5.41, 5.74) is 6.28. The molecule has 0 amide bonds. The van der Waals surface area contributed by atoms with Crippen molar-refractivity contribution in [3.63, 3.8) is 0 Å². The van der Waals surface area contributed by atoms with Crippen LogP contribution in [0.5, 0.6) is 0 Å². The summed E-state index contributed by atoms with van der Waals surface area (Å²) in [5.74, 6) is 1.84. The highest BCUT2D eigenvalue weighted by atomic mass is 79.9. The molecule has 1 aromatic carbocycles. The molecule has 16 heavy (non-hydrogen) atoms. The van der Waals surface area contributed by atoms with Gasteiger partial charge in [-0.1, -0.05) is 6.07 Å². The Bertz CT molecular complexity index is 439. The minimum Gasteiger partial charge on any atom is -0.321 e. The molecule has 0 aliphatic carbocycles. The van der Waals surface area contributed by atoms with E-state index >= 15 is 0 Å². The highest BCUT2D eigenvalue weighted by Gasteiger charge is 2.13. The second kappa shape index (κ2) is 5.78. The van der Waals surface area contributed by atoms with Crippen molar-refractivity contribution in [2.24, 2.45) is 5.73 Å². The molecular formula is C12H11BrFNO. The first kappa shape index (κ1) is 12.9. The zero-order valence-corrected chi connectivity index (χ0v) is 10.1. The van der Waals surface area contributed by atoms with Crippen LogP contribution >= 0.6 is 15.9 Å². The first-order chi connectivity index (χ1) is 7.54. The van der Waals surface area contributed by atoms with Crippen LogP contribution in [-0.4, -0.2) is 11.8 Å². The number of nitrogens with two attached hydrogens (primary N) is 1. The van der Waals surface area contributed by atoms with E-state index in [0.29, 0.717) is 10.0 Å². The van der Waals surface area contributed by atoms with Gasteiger partial charge in [-0.15, -0.1) is 12.3 Å². The zero-order valence-electron chi connectivity index (χ0n) is 8.54. The first-order valence-corrected chi connectivity index (χ1v) is 5.49. The molecule has 0 saturated carbocycles. The van der Waals surface area contributed by atoms with Crippen molar-refractivity contribution in [2.45, 2.75) is 18.9 Å². The van der Waals surface area contributed by atoms with E-state index in [2.05, 4.69) is 21.9 Å². The van der Waals surface area contributed by atoms with Gasteiger partial charge in [0.05, 0.1) is 10.5 Å². The summed E-state index contributed by atoms with van der Waals surface area (Å²) in [6.07, 6.45) is 5.46. The Morgan fingerprint density at radius 2 is 2.31 bits per heavy atom. The van der Waals surface area contributed by atoms with Crippen LogP contribution in [-0.2, 0) is 11.2 Å². The van der Waals surface area contributed by atoms with Crippen molar-refractivity contribution in [1.82, 2.24) is 0 Å². The standard InChI is InChI=1S/C12H11BrFNO/c1-2-3-11(15)12(16)7-8-4-5-10(14)9(13)6-8/h1,4-6,11H,3,7,15H2. The predicted molar refractivity (Wildman–Crippen MR) is 64.2 cm³/mol. The summed E-state index contributed by atoms with van der Waals surface area (Å²) in [4.78, 5) is 11.6. The minimum absolute atomic E-state index is 0.142. The summed E-state index contributed by atoms with van der Waals surface area (Å²) in [7, 11) is 0. The predicted octanol–water partition coefficient (Wildman–Crippen LogP) is 2.05. The van der Waals surface area contributed by atoms with Crippen LogP contribution in [0, 0.1) is 18.2 Å². The van der Waals surface area contributed by atoms with E-state index < -0.39 is 6.04 Å². The van der Waals surface area contributed by atoms with Crippen LogP contribution in [0.2, 0.25) is 0 Å². The lowest BCUT2D eigenvalue weighted by atomic mass is 10.0. The summed E-state index contributed by atoms with van der Waals surface area (Å²) in [6.45, 7) is 0. The molecule has 0 saturated heterocycles. The highest BCUT2D eigenvalue weighted by Crippen LogP contribution is 2.17. The fourth-order valence-electron chi connectivity index (χ4n) is 1.22. The summed E-state index contributed by atoms with van der Waals surface area (Å²) < 4.78 is 13.3. The monoisotopic (exact) mass is 283 g/mol. The Morgan fingerprint density at radius 3 is 2.88 bits per heavy atom. The number of Topliss-reactive ketones (excluding diaryl/α,β-unsaturated/α-hetero) is 1. The largest absolute Gasteiger partial charge is 0.321 e. The summed E-state index contributed by atoms with van der Waals surface area (Å²) >= 11 is 3.05. The highest BCUT2D eigenvalue weighted by molar-refractivity contribution is 9.10. The molecular weight excluding hydrogens is 273 g/mol. The Balaban J connectivity index is 2.70. The molecule has 0 aliphatic rings. The van der Waals surface area contributed by atoms with Gasteiger partial charge < -0.3 is 5.73 Å². The smallest absolute Gasteiger partial charge is 0.154 e. The van der Waals surface area contributed by atoms with Gasteiger partial charge in [-0.2, -0.15) is 0 Å². The van der Waals surface area contributed by atoms with Crippen molar-refractivity contribution in [3.8, 4) is 12.3 Å². The van der Waals surface area contributed by atoms with Gasteiger partial charge in [0.25, 0.3) is 0 Å². The van der Waals surface area contributed by atoms with E-state index in [-0.39, 0.29) is 24.4 Å². The topological polar surface area (TPSA) is 43.1 Å². The lowest BCUT2D eigenvalue weighted by Gasteiger charge is -2.07. The molecule has 84 valence electrons. The second-order valence-corrected chi connectivity index (χ2v) is 4.26. The van der Waals surface area contributed by atoms with Crippen molar-refractivity contribution in [2.75, 3.05) is 0 Å². The third kappa shape index (κ3) is 3.44. The molecule has 1 atom stereocenters. The molecule has 0 fully saturated rings. The Morgan fingerprint density at radius 1 is 1.62 bits per heavy atom. The van der Waals surface area contributed by atoms with Gasteiger partial charge in [0.15, 0.2) is 5.78 Å². The number of rotatable bonds is 4.